The number of furan rings is 1. The van der Waals surface area contributed by atoms with E-state index < -0.39 is 10.0 Å². The van der Waals surface area contributed by atoms with Gasteiger partial charge in [-0.1, -0.05) is 12.5 Å². The molecule has 1 aromatic heterocycles. The molecule has 0 aliphatic carbocycles. The van der Waals surface area contributed by atoms with Gasteiger partial charge >= 0.3 is 0 Å². The number of sulfonamides is 1. The third-order valence-corrected chi connectivity index (χ3v) is 8.12. The predicted octanol–water partition coefficient (Wildman–Crippen LogP) is 2.57. The van der Waals surface area contributed by atoms with Crippen molar-refractivity contribution in [2.45, 2.75) is 37.1 Å². The van der Waals surface area contributed by atoms with Crippen LogP contribution in [0.15, 0.2) is 45.9 Å². The molecule has 1 atom stereocenters. The molecule has 3 heterocycles. The van der Waals surface area contributed by atoms with Crippen LogP contribution in [0.5, 0.6) is 0 Å². The second kappa shape index (κ2) is 10.2. The molecular weight excluding hydrogens is 430 g/mol. The van der Waals surface area contributed by atoms with Crippen molar-refractivity contribution in [2.24, 2.45) is 0 Å². The molecule has 8 nitrogen and oxygen atoms in total. The molecular formula is C23H31N3O5S. The number of piperidine rings is 1. The highest BCUT2D eigenvalue weighted by Gasteiger charge is 2.28. The number of benzene rings is 1. The van der Waals surface area contributed by atoms with Gasteiger partial charge in [0.15, 0.2) is 0 Å². The van der Waals surface area contributed by atoms with E-state index in [0.29, 0.717) is 38.4 Å². The summed E-state index contributed by atoms with van der Waals surface area (Å²) in [6, 6.07) is 8.49. The topological polar surface area (TPSA) is 92.1 Å². The molecule has 0 radical (unpaired) electrons. The van der Waals surface area contributed by atoms with Gasteiger partial charge in [0.1, 0.15) is 5.76 Å². The Kier molecular flexibility index (Phi) is 7.30. The summed E-state index contributed by atoms with van der Waals surface area (Å²) in [6.07, 6.45) is 5.13. The van der Waals surface area contributed by atoms with Crippen LogP contribution in [0.2, 0.25) is 0 Å². The first-order valence-electron chi connectivity index (χ1n) is 11.2. The normalized spacial score (nSPS) is 19.5. The van der Waals surface area contributed by atoms with E-state index in [1.54, 1.807) is 18.4 Å². The summed E-state index contributed by atoms with van der Waals surface area (Å²) in [7, 11) is -3.67. The molecule has 2 aliphatic rings. The number of aryl methyl sites for hydroxylation is 1. The molecule has 2 saturated heterocycles. The average Bonchev–Trinajstić information content (AvgIpc) is 3.35. The van der Waals surface area contributed by atoms with Crippen molar-refractivity contribution in [1.29, 1.82) is 0 Å². The third kappa shape index (κ3) is 5.06. The average molecular weight is 462 g/mol. The zero-order valence-electron chi connectivity index (χ0n) is 18.5. The van der Waals surface area contributed by atoms with E-state index in [0.717, 1.165) is 37.3 Å². The lowest BCUT2D eigenvalue weighted by molar-refractivity contribution is 0.0730. The molecule has 2 aliphatic heterocycles. The summed E-state index contributed by atoms with van der Waals surface area (Å²) >= 11 is 0. The highest BCUT2D eigenvalue weighted by molar-refractivity contribution is 7.89. The molecule has 0 unspecified atom stereocenters. The van der Waals surface area contributed by atoms with E-state index in [9.17, 15) is 13.2 Å². The maximum atomic E-state index is 13.1. The maximum Gasteiger partial charge on any atom is 0.251 e. The third-order valence-electron chi connectivity index (χ3n) is 6.22. The van der Waals surface area contributed by atoms with Gasteiger partial charge in [-0.2, -0.15) is 4.31 Å². The number of rotatable bonds is 7. The lowest BCUT2D eigenvalue weighted by atomic mass is 10.1. The molecule has 1 N–H and O–H groups in total. The van der Waals surface area contributed by atoms with Crippen molar-refractivity contribution in [2.75, 3.05) is 45.9 Å². The van der Waals surface area contributed by atoms with E-state index in [2.05, 4.69) is 10.2 Å². The fourth-order valence-electron chi connectivity index (χ4n) is 4.35. The molecule has 1 aromatic carbocycles. The molecule has 0 saturated carbocycles. The first-order valence-corrected chi connectivity index (χ1v) is 12.6. The number of carbonyl (C=O) groups excluding carboxylic acids is 1. The minimum atomic E-state index is -3.67. The second-order valence-corrected chi connectivity index (χ2v) is 10.3. The standard InChI is InChI=1S/C23H31N3O5S/c1-18-7-8-19(32(28,29)26-11-14-30-15-12-26)16-20(18)23(27)24-17-21(22-6-5-13-31-22)25-9-3-2-4-10-25/h5-8,13,16,21H,2-4,9-12,14-15,17H2,1H3,(H,24,27)/t21-/m1/s1. The number of ether oxygens (including phenoxy) is 1. The van der Waals surface area contributed by atoms with Gasteiger partial charge < -0.3 is 14.5 Å². The van der Waals surface area contributed by atoms with Crippen molar-refractivity contribution in [3.05, 3.63) is 53.5 Å². The van der Waals surface area contributed by atoms with Crippen molar-refractivity contribution in [3.63, 3.8) is 0 Å². The van der Waals surface area contributed by atoms with Crippen LogP contribution in [-0.2, 0) is 14.8 Å². The van der Waals surface area contributed by atoms with Crippen LogP contribution in [0.25, 0.3) is 0 Å². The van der Waals surface area contributed by atoms with Crippen LogP contribution in [0.3, 0.4) is 0 Å². The minimum absolute atomic E-state index is 0.0465. The van der Waals surface area contributed by atoms with E-state index in [1.807, 2.05) is 19.1 Å². The predicted molar refractivity (Wildman–Crippen MR) is 120 cm³/mol. The summed E-state index contributed by atoms with van der Waals surface area (Å²) < 4.78 is 38.4. The minimum Gasteiger partial charge on any atom is -0.468 e. The fraction of sp³-hybridized carbons (Fsp3) is 0.522. The molecule has 9 heteroatoms. The number of nitrogens with one attached hydrogen (secondary N) is 1. The molecule has 2 aromatic rings. The van der Waals surface area contributed by atoms with E-state index in [1.165, 1.54) is 16.8 Å². The summed E-state index contributed by atoms with van der Waals surface area (Å²) in [5.41, 5.74) is 1.10. The number of amides is 1. The van der Waals surface area contributed by atoms with Gasteiger partial charge in [0.25, 0.3) is 5.91 Å². The van der Waals surface area contributed by atoms with Gasteiger partial charge in [0.05, 0.1) is 30.4 Å². The molecule has 1 amide bonds. The van der Waals surface area contributed by atoms with E-state index >= 15 is 0 Å². The van der Waals surface area contributed by atoms with Gasteiger partial charge in [-0.3, -0.25) is 9.69 Å². The Morgan fingerprint density at radius 1 is 1.09 bits per heavy atom. The number of hydrogen-bond acceptors (Lipinski definition) is 6. The number of nitrogens with zero attached hydrogens (tertiary/aromatic N) is 2. The van der Waals surface area contributed by atoms with Crippen molar-refractivity contribution in [3.8, 4) is 0 Å². The lowest BCUT2D eigenvalue weighted by Gasteiger charge is -2.33. The first-order chi connectivity index (χ1) is 15.5. The first kappa shape index (κ1) is 23.0. The number of morpholine rings is 1. The maximum absolute atomic E-state index is 13.1. The van der Waals surface area contributed by atoms with Crippen molar-refractivity contribution < 1.29 is 22.4 Å². The monoisotopic (exact) mass is 461 g/mol. The molecule has 2 fully saturated rings. The van der Waals surface area contributed by atoms with Gasteiger partial charge in [0, 0.05) is 25.2 Å². The molecule has 0 spiro atoms. The summed E-state index contributed by atoms with van der Waals surface area (Å²) in [4.78, 5) is 15.6. The lowest BCUT2D eigenvalue weighted by Crippen LogP contribution is -2.41. The van der Waals surface area contributed by atoms with Crippen LogP contribution in [-0.4, -0.2) is 69.5 Å². The Hall–Kier alpha value is -2.20. The SMILES string of the molecule is Cc1ccc(S(=O)(=O)N2CCOCC2)cc1C(=O)NC[C@H](c1ccco1)N1CCCCC1. The van der Waals surface area contributed by atoms with E-state index in [4.69, 9.17) is 9.15 Å². The van der Waals surface area contributed by atoms with Gasteiger partial charge in [-0.05, 0) is 62.7 Å². The number of hydrogen-bond donors (Lipinski definition) is 1. The largest absolute Gasteiger partial charge is 0.468 e. The summed E-state index contributed by atoms with van der Waals surface area (Å²) in [5.74, 6) is 0.544. The summed E-state index contributed by atoms with van der Waals surface area (Å²) in [6.45, 7) is 5.53. The van der Waals surface area contributed by atoms with Gasteiger partial charge in [-0.25, -0.2) is 8.42 Å². The van der Waals surface area contributed by atoms with Crippen LogP contribution < -0.4 is 5.32 Å². The van der Waals surface area contributed by atoms with E-state index in [-0.39, 0.29) is 16.8 Å². The highest BCUT2D eigenvalue weighted by Crippen LogP contribution is 2.25. The Balaban J connectivity index is 1.50. The Labute approximate surface area is 189 Å². The molecule has 174 valence electrons. The Morgan fingerprint density at radius 2 is 1.84 bits per heavy atom. The smallest absolute Gasteiger partial charge is 0.251 e. The fourth-order valence-corrected chi connectivity index (χ4v) is 5.78. The van der Waals surface area contributed by atoms with Crippen LogP contribution in [0.1, 0.15) is 47.0 Å². The quantitative estimate of drug-likeness (QED) is 0.681. The Morgan fingerprint density at radius 3 is 2.53 bits per heavy atom. The van der Waals surface area contributed by atoms with Crippen LogP contribution >= 0.6 is 0 Å². The van der Waals surface area contributed by atoms with Crippen LogP contribution in [0.4, 0.5) is 0 Å². The zero-order valence-corrected chi connectivity index (χ0v) is 19.3. The molecule has 0 bridgehead atoms. The second-order valence-electron chi connectivity index (χ2n) is 8.33. The highest BCUT2D eigenvalue weighted by atomic mass is 32.2. The zero-order chi connectivity index (χ0) is 22.6. The number of likely N-dealkylation sites (tertiary alicyclic amines) is 1. The van der Waals surface area contributed by atoms with Gasteiger partial charge in [0.2, 0.25) is 10.0 Å². The molecule has 4 rings (SSSR count). The Bertz CT molecular complexity index is 1010. The van der Waals surface area contributed by atoms with Crippen LogP contribution in [0, 0.1) is 6.92 Å². The van der Waals surface area contributed by atoms with Gasteiger partial charge in [-0.15, -0.1) is 0 Å². The van der Waals surface area contributed by atoms with Crippen molar-refractivity contribution in [1.82, 2.24) is 14.5 Å². The number of carbonyl (C=O) groups is 1. The molecule has 32 heavy (non-hydrogen) atoms. The van der Waals surface area contributed by atoms with Crippen molar-refractivity contribution >= 4 is 15.9 Å². The summed E-state index contributed by atoms with van der Waals surface area (Å²) in [5, 5.41) is 3.01.